The first-order valence-electron chi connectivity index (χ1n) is 7.87. The minimum absolute atomic E-state index is 0.162. The van der Waals surface area contributed by atoms with Crippen LogP contribution in [0.4, 0.5) is 0 Å². The van der Waals surface area contributed by atoms with Crippen molar-refractivity contribution in [1.82, 2.24) is 20.8 Å². The molecule has 0 saturated heterocycles. The summed E-state index contributed by atoms with van der Waals surface area (Å²) >= 11 is 5.31. The van der Waals surface area contributed by atoms with E-state index in [2.05, 4.69) is 39.9 Å². The maximum absolute atomic E-state index is 11.9. The highest BCUT2D eigenvalue weighted by atomic mass is 32.1. The lowest BCUT2D eigenvalue weighted by Gasteiger charge is -2.15. The van der Waals surface area contributed by atoms with Crippen molar-refractivity contribution >= 4 is 17.3 Å². The van der Waals surface area contributed by atoms with E-state index in [1.165, 1.54) is 11.1 Å². The molecule has 0 radical (unpaired) electrons. The molecule has 1 heterocycles. The lowest BCUT2D eigenvalue weighted by Crippen LogP contribution is -2.42. The van der Waals surface area contributed by atoms with Gasteiger partial charge in [-0.15, -0.1) is 0 Å². The molecule has 0 bridgehead atoms. The number of aromatic amines is 1. The van der Waals surface area contributed by atoms with Crippen molar-refractivity contribution in [3.63, 3.8) is 0 Å². The third kappa shape index (κ3) is 3.59. The smallest absolute Gasteiger partial charge is 0.272 e. The molecule has 0 fully saturated rings. The first-order chi connectivity index (χ1) is 11.2. The molecule has 1 aliphatic carbocycles. The van der Waals surface area contributed by atoms with Gasteiger partial charge < -0.3 is 10.6 Å². The minimum atomic E-state index is -0.162. The van der Waals surface area contributed by atoms with Crippen LogP contribution in [0.1, 0.15) is 24.5 Å². The van der Waals surface area contributed by atoms with E-state index in [0.717, 1.165) is 36.5 Å². The SMILES string of the molecule is CCCNC(=S)NC1Cc2ccc(-c3ccn[nH]c3=O)cc2C1. The third-order valence-electron chi connectivity index (χ3n) is 4.05. The van der Waals surface area contributed by atoms with Crippen LogP contribution in [0.2, 0.25) is 0 Å². The van der Waals surface area contributed by atoms with E-state index in [4.69, 9.17) is 12.2 Å². The summed E-state index contributed by atoms with van der Waals surface area (Å²) in [5.74, 6) is 0. The van der Waals surface area contributed by atoms with E-state index in [1.54, 1.807) is 12.3 Å². The molecule has 5 nitrogen and oxygen atoms in total. The van der Waals surface area contributed by atoms with Gasteiger partial charge in [0.15, 0.2) is 5.11 Å². The van der Waals surface area contributed by atoms with Gasteiger partial charge in [0.25, 0.3) is 5.56 Å². The highest BCUT2D eigenvalue weighted by Crippen LogP contribution is 2.26. The van der Waals surface area contributed by atoms with Crippen molar-refractivity contribution in [2.45, 2.75) is 32.2 Å². The molecule has 0 saturated carbocycles. The van der Waals surface area contributed by atoms with Crippen molar-refractivity contribution in [3.05, 3.63) is 51.9 Å². The second-order valence-electron chi connectivity index (χ2n) is 5.79. The molecule has 120 valence electrons. The average Bonchev–Trinajstić information content (AvgIpc) is 2.94. The fourth-order valence-corrected chi connectivity index (χ4v) is 3.20. The second-order valence-corrected chi connectivity index (χ2v) is 6.20. The molecule has 3 rings (SSSR count). The fourth-order valence-electron chi connectivity index (χ4n) is 2.93. The van der Waals surface area contributed by atoms with Gasteiger partial charge in [-0.2, -0.15) is 5.10 Å². The molecular formula is C17H20N4OS. The van der Waals surface area contributed by atoms with E-state index in [1.807, 2.05) is 6.07 Å². The number of fused-ring (bicyclic) bond motifs is 1. The van der Waals surface area contributed by atoms with Gasteiger partial charge in [-0.25, -0.2) is 5.10 Å². The molecule has 1 aliphatic rings. The van der Waals surface area contributed by atoms with Crippen LogP contribution >= 0.6 is 12.2 Å². The molecule has 1 atom stereocenters. The summed E-state index contributed by atoms with van der Waals surface area (Å²) in [6.45, 7) is 3.00. The fraction of sp³-hybridized carbons (Fsp3) is 0.353. The molecule has 1 aromatic carbocycles. The summed E-state index contributed by atoms with van der Waals surface area (Å²) in [6.07, 6.45) is 4.53. The summed E-state index contributed by atoms with van der Waals surface area (Å²) in [7, 11) is 0. The van der Waals surface area contributed by atoms with Crippen molar-refractivity contribution in [2.24, 2.45) is 0 Å². The monoisotopic (exact) mass is 328 g/mol. The van der Waals surface area contributed by atoms with Crippen LogP contribution in [0.5, 0.6) is 0 Å². The van der Waals surface area contributed by atoms with Gasteiger partial charge >= 0.3 is 0 Å². The zero-order valence-electron chi connectivity index (χ0n) is 13.1. The quantitative estimate of drug-likeness (QED) is 0.747. The third-order valence-corrected chi connectivity index (χ3v) is 4.31. The number of H-pyrrole nitrogens is 1. The summed E-state index contributed by atoms with van der Waals surface area (Å²) in [6, 6.07) is 8.26. The summed E-state index contributed by atoms with van der Waals surface area (Å²) in [5, 5.41) is 13.5. The zero-order valence-corrected chi connectivity index (χ0v) is 13.9. The molecule has 1 unspecified atom stereocenters. The summed E-state index contributed by atoms with van der Waals surface area (Å²) in [4.78, 5) is 11.9. The van der Waals surface area contributed by atoms with Crippen LogP contribution in [0, 0.1) is 0 Å². The Labute approximate surface area is 140 Å². The summed E-state index contributed by atoms with van der Waals surface area (Å²) < 4.78 is 0. The number of nitrogens with one attached hydrogen (secondary N) is 3. The van der Waals surface area contributed by atoms with E-state index in [-0.39, 0.29) is 5.56 Å². The Hall–Kier alpha value is -2.21. The minimum Gasteiger partial charge on any atom is -0.363 e. The molecule has 23 heavy (non-hydrogen) atoms. The van der Waals surface area contributed by atoms with Crippen molar-refractivity contribution in [2.75, 3.05) is 6.54 Å². The van der Waals surface area contributed by atoms with E-state index in [9.17, 15) is 4.79 Å². The van der Waals surface area contributed by atoms with Gasteiger partial charge in [0.1, 0.15) is 0 Å². The van der Waals surface area contributed by atoms with Crippen molar-refractivity contribution < 1.29 is 0 Å². The van der Waals surface area contributed by atoms with E-state index in [0.29, 0.717) is 11.6 Å². The first kappa shape index (κ1) is 15.7. The van der Waals surface area contributed by atoms with Crippen LogP contribution in [0.25, 0.3) is 11.1 Å². The maximum Gasteiger partial charge on any atom is 0.272 e. The van der Waals surface area contributed by atoms with Gasteiger partial charge in [0, 0.05) is 24.3 Å². The van der Waals surface area contributed by atoms with Crippen LogP contribution in [0.15, 0.2) is 35.3 Å². The number of nitrogens with zero attached hydrogens (tertiary/aromatic N) is 1. The molecule has 0 aliphatic heterocycles. The van der Waals surface area contributed by atoms with Crippen LogP contribution in [0.3, 0.4) is 0 Å². The molecular weight excluding hydrogens is 308 g/mol. The number of thiocarbonyl (C=S) groups is 1. The van der Waals surface area contributed by atoms with Crippen LogP contribution < -0.4 is 16.2 Å². The molecule has 3 N–H and O–H groups in total. The van der Waals surface area contributed by atoms with Gasteiger partial charge in [0.05, 0.1) is 0 Å². The van der Waals surface area contributed by atoms with E-state index < -0.39 is 0 Å². The topological polar surface area (TPSA) is 69.8 Å². The van der Waals surface area contributed by atoms with Gasteiger partial charge in [-0.3, -0.25) is 4.79 Å². The predicted octanol–water partition coefficient (Wildman–Crippen LogP) is 1.78. The van der Waals surface area contributed by atoms with Gasteiger partial charge in [0.2, 0.25) is 0 Å². The Kier molecular flexibility index (Phi) is 4.71. The van der Waals surface area contributed by atoms with Gasteiger partial charge in [-0.05, 0) is 54.2 Å². The molecule has 0 spiro atoms. The molecule has 0 amide bonds. The first-order valence-corrected chi connectivity index (χ1v) is 8.28. The van der Waals surface area contributed by atoms with E-state index >= 15 is 0 Å². The summed E-state index contributed by atoms with van der Waals surface area (Å²) in [5.41, 5.74) is 4.01. The molecule has 6 heteroatoms. The Morgan fingerprint density at radius 2 is 2.17 bits per heavy atom. The lowest BCUT2D eigenvalue weighted by molar-refractivity contribution is 0.632. The standard InChI is InChI=1S/C17H20N4OS/c1-2-6-18-17(23)20-14-9-11-3-4-12(8-13(11)10-14)15-5-7-19-21-16(15)22/h3-5,7-8,14H,2,6,9-10H2,1H3,(H,21,22)(H2,18,20,23). The highest BCUT2D eigenvalue weighted by molar-refractivity contribution is 7.80. The highest BCUT2D eigenvalue weighted by Gasteiger charge is 2.22. The lowest BCUT2D eigenvalue weighted by atomic mass is 10.0. The molecule has 1 aromatic heterocycles. The second kappa shape index (κ2) is 6.91. The maximum atomic E-state index is 11.9. The Morgan fingerprint density at radius 1 is 1.35 bits per heavy atom. The molecule has 2 aromatic rings. The Balaban J connectivity index is 1.73. The Morgan fingerprint density at radius 3 is 2.96 bits per heavy atom. The van der Waals surface area contributed by atoms with Crippen LogP contribution in [-0.2, 0) is 12.8 Å². The average molecular weight is 328 g/mol. The van der Waals surface area contributed by atoms with Crippen molar-refractivity contribution in [1.29, 1.82) is 0 Å². The predicted molar refractivity (Wildman–Crippen MR) is 95.5 cm³/mol. The number of hydrogen-bond acceptors (Lipinski definition) is 3. The normalized spacial score (nSPS) is 16.0. The van der Waals surface area contributed by atoms with Gasteiger partial charge in [-0.1, -0.05) is 25.1 Å². The zero-order chi connectivity index (χ0) is 16.2. The number of aromatic nitrogens is 2. The number of rotatable bonds is 4. The number of hydrogen-bond donors (Lipinski definition) is 3. The van der Waals surface area contributed by atoms with Crippen molar-refractivity contribution in [3.8, 4) is 11.1 Å². The Bertz CT molecular complexity index is 771. The van der Waals surface area contributed by atoms with Crippen LogP contribution in [-0.4, -0.2) is 27.9 Å². The number of benzene rings is 1. The largest absolute Gasteiger partial charge is 0.363 e.